The quantitative estimate of drug-likeness (QED) is 0.510. The summed E-state index contributed by atoms with van der Waals surface area (Å²) in [7, 11) is 0. The number of allylic oxidation sites excluding steroid dienone is 4. The maximum atomic E-state index is 9.51. The molecule has 26 heavy (non-hydrogen) atoms. The molecule has 118 valence electrons. The van der Waals surface area contributed by atoms with E-state index in [-0.39, 0.29) is 23.2 Å². The lowest BCUT2D eigenvalue weighted by molar-refractivity contribution is 0.846. The monoisotopic (exact) mass is 330 g/mol. The lowest BCUT2D eigenvalue weighted by Gasteiger charge is -2.14. The summed E-state index contributed by atoms with van der Waals surface area (Å²) >= 11 is 0. The van der Waals surface area contributed by atoms with Crippen molar-refractivity contribution in [2.75, 3.05) is 0 Å². The van der Waals surface area contributed by atoms with Gasteiger partial charge in [-0.15, -0.1) is 0 Å². The maximum Gasteiger partial charge on any atom is 0.266 e. The van der Waals surface area contributed by atoms with E-state index in [9.17, 15) is 10.5 Å². The molecule has 4 nitrogen and oxygen atoms in total. The van der Waals surface area contributed by atoms with Gasteiger partial charge >= 0.3 is 0 Å². The Morgan fingerprint density at radius 2 is 1.12 bits per heavy atom. The Morgan fingerprint density at radius 3 is 1.46 bits per heavy atom. The van der Waals surface area contributed by atoms with Crippen molar-refractivity contribution in [3.8, 4) is 12.1 Å². The van der Waals surface area contributed by atoms with Crippen LogP contribution in [0.15, 0.2) is 59.9 Å². The van der Waals surface area contributed by atoms with E-state index in [0.29, 0.717) is 11.1 Å². The second-order valence-corrected chi connectivity index (χ2v) is 6.10. The van der Waals surface area contributed by atoms with Crippen LogP contribution in [0.3, 0.4) is 0 Å². The Morgan fingerprint density at radius 1 is 0.731 bits per heavy atom. The van der Waals surface area contributed by atoms with Crippen LogP contribution in [-0.4, -0.2) is 0 Å². The van der Waals surface area contributed by atoms with Gasteiger partial charge in [-0.25, -0.2) is 20.2 Å². The zero-order valence-electron chi connectivity index (χ0n) is 13.6. The molecule has 0 amide bonds. The van der Waals surface area contributed by atoms with Gasteiger partial charge in [0, 0.05) is 11.8 Å². The van der Waals surface area contributed by atoms with E-state index in [1.807, 2.05) is 60.7 Å². The maximum absolute atomic E-state index is 9.51. The SMILES string of the molecule is [C-]#[N+]/C(C#N)=C1\c2ccccc2C2/C(=C(/C#N)[N+]#[C-])c3ccccc3C12. The lowest BCUT2D eigenvalue weighted by atomic mass is 9.87. The highest BCUT2D eigenvalue weighted by atomic mass is 14.7. The molecule has 0 radical (unpaired) electrons. The van der Waals surface area contributed by atoms with Gasteiger partial charge in [-0.3, -0.25) is 0 Å². The van der Waals surface area contributed by atoms with Crippen molar-refractivity contribution in [2.24, 2.45) is 0 Å². The van der Waals surface area contributed by atoms with Gasteiger partial charge in [-0.2, -0.15) is 0 Å². The highest BCUT2D eigenvalue weighted by Gasteiger charge is 2.47. The fraction of sp³-hybridized carbons (Fsp3) is 0.0909. The van der Waals surface area contributed by atoms with E-state index in [0.717, 1.165) is 22.3 Å². The minimum absolute atomic E-state index is 0.0716. The molecule has 0 N–H and O–H groups in total. The molecule has 2 aromatic carbocycles. The van der Waals surface area contributed by atoms with Crippen LogP contribution in [0.5, 0.6) is 0 Å². The van der Waals surface area contributed by atoms with Crippen LogP contribution in [-0.2, 0) is 0 Å². The Bertz CT molecular complexity index is 1060. The van der Waals surface area contributed by atoms with Crippen LogP contribution in [0.1, 0.15) is 34.1 Å². The molecule has 0 aliphatic heterocycles. The van der Waals surface area contributed by atoms with E-state index < -0.39 is 0 Å². The molecule has 2 atom stereocenters. The fourth-order valence-electron chi connectivity index (χ4n) is 4.21. The van der Waals surface area contributed by atoms with Crippen LogP contribution < -0.4 is 0 Å². The summed E-state index contributed by atoms with van der Waals surface area (Å²) in [6, 6.07) is 19.4. The molecule has 0 fully saturated rings. The smallest absolute Gasteiger partial charge is 0.226 e. The highest BCUT2D eigenvalue weighted by Crippen LogP contribution is 2.63. The minimum Gasteiger partial charge on any atom is -0.226 e. The molecule has 2 aromatic rings. The number of rotatable bonds is 0. The van der Waals surface area contributed by atoms with Gasteiger partial charge in [0.05, 0.1) is 25.3 Å². The van der Waals surface area contributed by atoms with Crippen molar-refractivity contribution >= 4 is 11.1 Å². The van der Waals surface area contributed by atoms with Crippen molar-refractivity contribution in [3.05, 3.63) is 105 Å². The molecule has 0 saturated heterocycles. The molecule has 0 bridgehead atoms. The molecule has 0 saturated carbocycles. The fourth-order valence-corrected chi connectivity index (χ4v) is 4.21. The predicted molar refractivity (Wildman–Crippen MR) is 96.6 cm³/mol. The van der Waals surface area contributed by atoms with Crippen LogP contribution >= 0.6 is 0 Å². The predicted octanol–water partition coefficient (Wildman–Crippen LogP) is 4.89. The van der Waals surface area contributed by atoms with E-state index >= 15 is 0 Å². The van der Waals surface area contributed by atoms with E-state index in [1.165, 1.54) is 0 Å². The standard InChI is InChI=1S/C22H10N4/c1-25-17(11-23)19-13-7-3-5-9-15(13)22-20(18(12-24)26-2)14-8-4-6-10-16(14)21(19)22/h3-10,21-22H/b19-17-,20-18+. The van der Waals surface area contributed by atoms with E-state index in [1.54, 1.807) is 0 Å². The zero-order valence-corrected chi connectivity index (χ0v) is 13.6. The van der Waals surface area contributed by atoms with Gasteiger partial charge in [0.2, 0.25) is 0 Å². The third kappa shape index (κ3) is 1.85. The first-order chi connectivity index (χ1) is 12.8. The topological polar surface area (TPSA) is 56.3 Å². The largest absolute Gasteiger partial charge is 0.266 e. The number of hydrogen-bond acceptors (Lipinski definition) is 2. The minimum atomic E-state index is -0.215. The van der Waals surface area contributed by atoms with Crippen LogP contribution in [0.4, 0.5) is 0 Å². The van der Waals surface area contributed by atoms with Crippen LogP contribution in [0.2, 0.25) is 0 Å². The Hall–Kier alpha value is -4.12. The molecular formula is C22H10N4. The average molecular weight is 330 g/mol. The van der Waals surface area contributed by atoms with Crippen LogP contribution in [0.25, 0.3) is 20.8 Å². The average Bonchev–Trinajstić information content (AvgIpc) is 3.19. The number of nitriles is 2. The molecule has 4 rings (SSSR count). The summed E-state index contributed by atoms with van der Waals surface area (Å²) < 4.78 is 0. The normalized spacial score (nSPS) is 22.6. The number of fused-ring (bicyclic) bond motifs is 5. The first kappa shape index (κ1) is 15.4. The first-order valence-corrected chi connectivity index (χ1v) is 7.98. The number of hydrogen-bond donors (Lipinski definition) is 0. The van der Waals surface area contributed by atoms with E-state index in [2.05, 4.69) is 9.69 Å². The van der Waals surface area contributed by atoms with E-state index in [4.69, 9.17) is 13.1 Å². The van der Waals surface area contributed by atoms with Crippen molar-refractivity contribution in [1.29, 1.82) is 10.5 Å². The molecule has 2 aliphatic carbocycles. The summed E-state index contributed by atoms with van der Waals surface area (Å²) in [6.07, 6.45) is 0. The Balaban J connectivity index is 2.17. The molecule has 0 aromatic heterocycles. The van der Waals surface area contributed by atoms with Crippen molar-refractivity contribution in [2.45, 2.75) is 11.8 Å². The number of nitrogens with zero attached hydrogens (tertiary/aromatic N) is 4. The Labute approximate surface area is 151 Å². The van der Waals surface area contributed by atoms with Crippen molar-refractivity contribution in [3.63, 3.8) is 0 Å². The number of benzene rings is 2. The zero-order chi connectivity index (χ0) is 18.3. The van der Waals surface area contributed by atoms with Gasteiger partial charge in [0.1, 0.15) is 0 Å². The highest BCUT2D eigenvalue weighted by molar-refractivity contribution is 5.97. The first-order valence-electron chi connectivity index (χ1n) is 7.98. The van der Waals surface area contributed by atoms with Crippen molar-refractivity contribution in [1.82, 2.24) is 0 Å². The third-order valence-corrected chi connectivity index (χ3v) is 5.07. The van der Waals surface area contributed by atoms with Gasteiger partial charge in [-0.05, 0) is 33.4 Å². The van der Waals surface area contributed by atoms with Gasteiger partial charge in [-0.1, -0.05) is 48.5 Å². The second kappa shape index (κ2) is 5.75. The summed E-state index contributed by atoms with van der Waals surface area (Å²) in [5, 5.41) is 19.0. The molecule has 0 heterocycles. The molecule has 2 aliphatic rings. The summed E-state index contributed by atoms with van der Waals surface area (Å²) in [5.41, 5.74) is 5.21. The van der Waals surface area contributed by atoms with Gasteiger partial charge in [0.25, 0.3) is 11.4 Å². The Kier molecular flexibility index (Phi) is 3.41. The second-order valence-electron chi connectivity index (χ2n) is 6.10. The third-order valence-electron chi connectivity index (χ3n) is 5.07. The molecule has 4 heteroatoms. The van der Waals surface area contributed by atoms with Crippen molar-refractivity contribution < 1.29 is 0 Å². The molecule has 2 unspecified atom stereocenters. The van der Waals surface area contributed by atoms with Crippen LogP contribution in [0, 0.1) is 35.8 Å². The summed E-state index contributed by atoms with van der Waals surface area (Å²) in [6.45, 7) is 14.9. The lowest BCUT2D eigenvalue weighted by Crippen LogP contribution is -2.00. The van der Waals surface area contributed by atoms with Gasteiger partial charge in [0.15, 0.2) is 0 Å². The molecule has 0 spiro atoms. The molecular weight excluding hydrogens is 320 g/mol. The summed E-state index contributed by atoms with van der Waals surface area (Å²) in [4.78, 5) is 6.92. The van der Waals surface area contributed by atoms with Gasteiger partial charge < -0.3 is 0 Å². The summed E-state index contributed by atoms with van der Waals surface area (Å²) in [5.74, 6) is -0.431.